The van der Waals surface area contributed by atoms with Gasteiger partial charge < -0.3 is 10.1 Å². The standard InChI is InChI=1S/C20H20ClNO3/c1-20(2,18(21)23)12-22-19(24)25-11-17-15-9-5-3-7-13(15)14-8-4-6-10-16(14)17/h3-10,17H,11-12H2,1-2H3,(H,22,24). The molecule has 1 amide bonds. The van der Waals surface area contributed by atoms with Gasteiger partial charge in [0.2, 0.25) is 5.24 Å². The summed E-state index contributed by atoms with van der Waals surface area (Å²) in [7, 11) is 0. The van der Waals surface area contributed by atoms with Crippen molar-refractivity contribution >= 4 is 22.9 Å². The van der Waals surface area contributed by atoms with Gasteiger partial charge in [-0.3, -0.25) is 4.79 Å². The lowest BCUT2D eigenvalue weighted by molar-refractivity contribution is -0.118. The fraction of sp³-hybridized carbons (Fsp3) is 0.300. The Hall–Kier alpha value is -2.33. The predicted molar refractivity (Wildman–Crippen MR) is 97.7 cm³/mol. The van der Waals surface area contributed by atoms with Crippen LogP contribution >= 0.6 is 11.6 Å². The third kappa shape index (κ3) is 3.54. The number of hydrogen-bond donors (Lipinski definition) is 1. The van der Waals surface area contributed by atoms with Crippen LogP contribution in [-0.2, 0) is 9.53 Å². The average molecular weight is 358 g/mol. The highest BCUT2D eigenvalue weighted by atomic mass is 35.5. The summed E-state index contributed by atoms with van der Waals surface area (Å²) in [4.78, 5) is 23.3. The Morgan fingerprint density at radius 1 is 1.04 bits per heavy atom. The first-order chi connectivity index (χ1) is 11.9. The molecular weight excluding hydrogens is 338 g/mol. The van der Waals surface area contributed by atoms with Crippen LogP contribution in [0, 0.1) is 5.41 Å². The third-order valence-electron chi connectivity index (χ3n) is 4.55. The van der Waals surface area contributed by atoms with Gasteiger partial charge in [-0.1, -0.05) is 48.5 Å². The Morgan fingerprint density at radius 3 is 2.08 bits per heavy atom. The third-order valence-corrected chi connectivity index (χ3v) is 5.06. The zero-order chi connectivity index (χ0) is 18.0. The predicted octanol–water partition coefficient (Wildman–Crippen LogP) is 4.32. The monoisotopic (exact) mass is 357 g/mol. The first-order valence-electron chi connectivity index (χ1n) is 8.19. The number of rotatable bonds is 5. The molecule has 0 saturated carbocycles. The SMILES string of the molecule is CC(C)(CNC(=O)OCC1c2ccccc2-c2ccccc21)C(=O)Cl. The highest BCUT2D eigenvalue weighted by Crippen LogP contribution is 2.44. The molecule has 4 nitrogen and oxygen atoms in total. The largest absolute Gasteiger partial charge is 0.449 e. The molecule has 3 rings (SSSR count). The summed E-state index contributed by atoms with van der Waals surface area (Å²) >= 11 is 5.51. The number of ether oxygens (including phenoxy) is 1. The van der Waals surface area contributed by atoms with E-state index in [9.17, 15) is 9.59 Å². The Morgan fingerprint density at radius 2 is 1.56 bits per heavy atom. The van der Waals surface area contributed by atoms with Crippen molar-refractivity contribution in [2.75, 3.05) is 13.2 Å². The molecule has 0 saturated heterocycles. The van der Waals surface area contributed by atoms with E-state index in [1.807, 2.05) is 24.3 Å². The summed E-state index contributed by atoms with van der Waals surface area (Å²) in [6, 6.07) is 16.3. The molecule has 2 aromatic rings. The van der Waals surface area contributed by atoms with Crippen molar-refractivity contribution in [3.8, 4) is 11.1 Å². The van der Waals surface area contributed by atoms with Crippen LogP contribution in [0.15, 0.2) is 48.5 Å². The van der Waals surface area contributed by atoms with Gasteiger partial charge in [0, 0.05) is 12.5 Å². The lowest BCUT2D eigenvalue weighted by Crippen LogP contribution is -2.37. The summed E-state index contributed by atoms with van der Waals surface area (Å²) in [5, 5.41) is 2.12. The van der Waals surface area contributed by atoms with Crippen molar-refractivity contribution in [3.05, 3.63) is 59.7 Å². The minimum Gasteiger partial charge on any atom is -0.449 e. The molecule has 0 atom stereocenters. The van der Waals surface area contributed by atoms with E-state index >= 15 is 0 Å². The fourth-order valence-electron chi connectivity index (χ4n) is 3.01. The molecule has 0 aromatic heterocycles. The molecule has 1 N–H and O–H groups in total. The van der Waals surface area contributed by atoms with Gasteiger partial charge >= 0.3 is 6.09 Å². The average Bonchev–Trinajstić information content (AvgIpc) is 2.92. The first kappa shape index (κ1) is 17.5. The zero-order valence-electron chi connectivity index (χ0n) is 14.2. The number of alkyl carbamates (subject to hydrolysis) is 1. The molecule has 1 aliphatic carbocycles. The number of fused-ring (bicyclic) bond motifs is 3. The Balaban J connectivity index is 1.68. The Bertz CT molecular complexity index is 771. The summed E-state index contributed by atoms with van der Waals surface area (Å²) in [6.07, 6.45) is -0.548. The fourth-order valence-corrected chi connectivity index (χ4v) is 3.08. The number of benzene rings is 2. The van der Waals surface area contributed by atoms with Crippen LogP contribution in [0.4, 0.5) is 4.79 Å². The van der Waals surface area contributed by atoms with Crippen LogP contribution < -0.4 is 5.32 Å². The van der Waals surface area contributed by atoms with E-state index in [-0.39, 0.29) is 19.1 Å². The molecule has 0 spiro atoms. The van der Waals surface area contributed by atoms with Crippen LogP contribution in [0.25, 0.3) is 11.1 Å². The number of carbonyl (C=O) groups excluding carboxylic acids is 2. The van der Waals surface area contributed by atoms with Crippen LogP contribution in [0.2, 0.25) is 0 Å². The van der Waals surface area contributed by atoms with Gasteiger partial charge in [0.1, 0.15) is 6.61 Å². The number of amides is 1. The van der Waals surface area contributed by atoms with Crippen molar-refractivity contribution in [1.29, 1.82) is 0 Å². The summed E-state index contributed by atoms with van der Waals surface area (Å²) in [5.74, 6) is 0.0146. The van der Waals surface area contributed by atoms with E-state index in [1.165, 1.54) is 11.1 Å². The van der Waals surface area contributed by atoms with Gasteiger partial charge in [0.15, 0.2) is 0 Å². The van der Waals surface area contributed by atoms with E-state index in [0.29, 0.717) is 0 Å². The molecule has 2 aromatic carbocycles. The van der Waals surface area contributed by atoms with Crippen molar-refractivity contribution in [2.24, 2.45) is 5.41 Å². The smallest absolute Gasteiger partial charge is 0.407 e. The molecule has 1 aliphatic rings. The Kier molecular flexibility index (Phi) is 4.82. The number of halogens is 1. The van der Waals surface area contributed by atoms with Crippen molar-refractivity contribution in [3.63, 3.8) is 0 Å². The first-order valence-corrected chi connectivity index (χ1v) is 8.57. The Labute approximate surface area is 152 Å². The van der Waals surface area contributed by atoms with Gasteiger partial charge in [0.25, 0.3) is 0 Å². The molecular formula is C20H20ClNO3. The molecule has 0 fully saturated rings. The lowest BCUT2D eigenvalue weighted by atomic mass is 9.96. The molecule has 5 heteroatoms. The van der Waals surface area contributed by atoms with Gasteiger partial charge in [-0.15, -0.1) is 0 Å². The highest BCUT2D eigenvalue weighted by Gasteiger charge is 2.30. The van der Waals surface area contributed by atoms with Gasteiger partial charge in [-0.05, 0) is 47.7 Å². The zero-order valence-corrected chi connectivity index (χ0v) is 15.0. The molecule has 0 unspecified atom stereocenters. The number of carbonyl (C=O) groups is 2. The topological polar surface area (TPSA) is 55.4 Å². The van der Waals surface area contributed by atoms with Crippen molar-refractivity contribution < 1.29 is 14.3 Å². The second-order valence-corrected chi connectivity index (χ2v) is 7.18. The molecule has 25 heavy (non-hydrogen) atoms. The van der Waals surface area contributed by atoms with Crippen LogP contribution in [0.3, 0.4) is 0 Å². The van der Waals surface area contributed by atoms with E-state index in [1.54, 1.807) is 13.8 Å². The number of nitrogens with one attached hydrogen (secondary N) is 1. The van der Waals surface area contributed by atoms with Crippen LogP contribution in [-0.4, -0.2) is 24.5 Å². The second-order valence-electron chi connectivity index (χ2n) is 6.84. The summed E-state index contributed by atoms with van der Waals surface area (Å²) in [5.41, 5.74) is 3.86. The van der Waals surface area contributed by atoms with E-state index in [2.05, 4.69) is 29.6 Å². The maximum absolute atomic E-state index is 12.0. The van der Waals surface area contributed by atoms with Crippen molar-refractivity contribution in [2.45, 2.75) is 19.8 Å². The molecule has 0 radical (unpaired) electrons. The second kappa shape index (κ2) is 6.89. The maximum Gasteiger partial charge on any atom is 0.407 e. The van der Waals surface area contributed by atoms with Gasteiger partial charge in [-0.25, -0.2) is 4.79 Å². The minimum absolute atomic E-state index is 0.0146. The maximum atomic E-state index is 12.0. The molecule has 0 bridgehead atoms. The summed E-state index contributed by atoms with van der Waals surface area (Å²) < 4.78 is 5.41. The van der Waals surface area contributed by atoms with E-state index in [0.717, 1.165) is 11.1 Å². The minimum atomic E-state index is -0.826. The van der Waals surface area contributed by atoms with Gasteiger partial charge in [-0.2, -0.15) is 0 Å². The van der Waals surface area contributed by atoms with Crippen LogP contribution in [0.5, 0.6) is 0 Å². The highest BCUT2D eigenvalue weighted by molar-refractivity contribution is 6.64. The molecule has 130 valence electrons. The van der Waals surface area contributed by atoms with E-state index < -0.39 is 16.8 Å². The van der Waals surface area contributed by atoms with E-state index in [4.69, 9.17) is 16.3 Å². The molecule has 0 aliphatic heterocycles. The lowest BCUT2D eigenvalue weighted by Gasteiger charge is -2.20. The molecule has 0 heterocycles. The normalized spacial score (nSPS) is 13.1. The summed E-state index contributed by atoms with van der Waals surface area (Å²) in [6.45, 7) is 3.72. The van der Waals surface area contributed by atoms with Crippen LogP contribution in [0.1, 0.15) is 30.9 Å². The number of hydrogen-bond acceptors (Lipinski definition) is 3. The van der Waals surface area contributed by atoms with Gasteiger partial charge in [0.05, 0.1) is 5.41 Å². The van der Waals surface area contributed by atoms with Crippen molar-refractivity contribution in [1.82, 2.24) is 5.32 Å². The quantitative estimate of drug-likeness (QED) is 0.811.